The molecule has 4 rings (SSSR count). The van der Waals surface area contributed by atoms with Gasteiger partial charge >= 0.3 is 0 Å². The van der Waals surface area contributed by atoms with Crippen LogP contribution in [-0.4, -0.2) is 26.9 Å². The van der Waals surface area contributed by atoms with Gasteiger partial charge < -0.3 is 9.72 Å². The van der Waals surface area contributed by atoms with E-state index < -0.39 is 6.04 Å². The first-order valence-corrected chi connectivity index (χ1v) is 9.31. The number of benzene rings is 2. The highest BCUT2D eigenvalue weighted by Gasteiger charge is 2.17. The summed E-state index contributed by atoms with van der Waals surface area (Å²) in [6, 6.07) is 13.7. The molecule has 0 fully saturated rings. The molecule has 2 aromatic carbocycles. The van der Waals surface area contributed by atoms with Gasteiger partial charge in [0.1, 0.15) is 17.6 Å². The minimum Gasteiger partial charge on any atom is -0.497 e. The average Bonchev–Trinajstić information content (AvgIpc) is 3.11. The maximum absolute atomic E-state index is 12.5. The maximum Gasteiger partial charge on any atom is 0.267 e. The first-order chi connectivity index (χ1) is 13.5. The number of hydrogen-bond acceptors (Lipinski definition) is 4. The van der Waals surface area contributed by atoms with Gasteiger partial charge in [0.25, 0.3) is 5.56 Å². The number of nitrogens with one attached hydrogen (secondary N) is 1. The largest absolute Gasteiger partial charge is 0.497 e. The summed E-state index contributed by atoms with van der Waals surface area (Å²) < 4.78 is 6.67. The van der Waals surface area contributed by atoms with Crippen molar-refractivity contribution in [3.63, 3.8) is 0 Å². The second-order valence-electron chi connectivity index (χ2n) is 6.31. The Bertz CT molecular complexity index is 1190. The molecule has 0 radical (unpaired) electrons. The molecule has 0 aliphatic carbocycles. The fourth-order valence-electron chi connectivity index (χ4n) is 2.98. The molecular weight excluding hydrogens is 399 g/mol. The Morgan fingerprint density at radius 1 is 1.11 bits per heavy atom. The lowest BCUT2D eigenvalue weighted by Crippen LogP contribution is -2.26. The summed E-state index contributed by atoms with van der Waals surface area (Å²) in [6.45, 7) is 1.85. The van der Waals surface area contributed by atoms with Crippen LogP contribution in [0, 0.1) is 0 Å². The Kier molecular flexibility index (Phi) is 4.83. The van der Waals surface area contributed by atoms with Crippen molar-refractivity contribution in [1.29, 1.82) is 0 Å². The van der Waals surface area contributed by atoms with E-state index in [4.69, 9.17) is 27.9 Å². The molecule has 0 aliphatic rings. The van der Waals surface area contributed by atoms with Crippen LogP contribution in [-0.2, 0) is 0 Å². The zero-order chi connectivity index (χ0) is 19.8. The van der Waals surface area contributed by atoms with Gasteiger partial charge in [-0.2, -0.15) is 5.10 Å². The SMILES string of the molecule is COc1cccc(-c2ccc(=O)n(C(C)c3nc4cc(Cl)c(Cl)cc4[nH]3)n2)c1. The number of imidazole rings is 1. The van der Waals surface area contributed by atoms with Crippen LogP contribution in [0.5, 0.6) is 5.75 Å². The molecule has 0 spiro atoms. The lowest BCUT2D eigenvalue weighted by Gasteiger charge is -2.13. The van der Waals surface area contributed by atoms with E-state index in [0.29, 0.717) is 27.1 Å². The van der Waals surface area contributed by atoms with E-state index in [1.807, 2.05) is 31.2 Å². The second-order valence-corrected chi connectivity index (χ2v) is 7.13. The summed E-state index contributed by atoms with van der Waals surface area (Å²) in [4.78, 5) is 20.2. The second kappa shape index (κ2) is 7.30. The summed E-state index contributed by atoms with van der Waals surface area (Å²) in [5.74, 6) is 1.31. The monoisotopic (exact) mass is 414 g/mol. The predicted molar refractivity (Wildman–Crippen MR) is 110 cm³/mol. The van der Waals surface area contributed by atoms with Gasteiger partial charge in [0.2, 0.25) is 0 Å². The van der Waals surface area contributed by atoms with Gasteiger partial charge in [-0.15, -0.1) is 0 Å². The van der Waals surface area contributed by atoms with Crippen molar-refractivity contribution in [2.75, 3.05) is 7.11 Å². The lowest BCUT2D eigenvalue weighted by molar-refractivity contribution is 0.415. The molecule has 0 aliphatic heterocycles. The summed E-state index contributed by atoms with van der Waals surface area (Å²) in [5, 5.41) is 5.40. The number of hydrogen-bond donors (Lipinski definition) is 1. The number of nitrogens with zero attached hydrogens (tertiary/aromatic N) is 3. The van der Waals surface area contributed by atoms with Gasteiger partial charge in [-0.25, -0.2) is 9.67 Å². The van der Waals surface area contributed by atoms with Gasteiger partial charge in [0.05, 0.1) is 33.9 Å². The molecule has 1 unspecified atom stereocenters. The molecule has 142 valence electrons. The molecule has 8 heteroatoms. The van der Waals surface area contributed by atoms with Crippen LogP contribution in [0.2, 0.25) is 10.0 Å². The Balaban J connectivity index is 1.77. The minimum atomic E-state index is -0.414. The molecule has 2 heterocycles. The van der Waals surface area contributed by atoms with E-state index in [1.165, 1.54) is 10.7 Å². The fourth-order valence-corrected chi connectivity index (χ4v) is 3.30. The van der Waals surface area contributed by atoms with Crippen molar-refractivity contribution in [2.45, 2.75) is 13.0 Å². The van der Waals surface area contributed by atoms with E-state index in [2.05, 4.69) is 15.1 Å². The number of H-pyrrole nitrogens is 1. The Hall–Kier alpha value is -2.83. The van der Waals surface area contributed by atoms with Crippen LogP contribution in [0.4, 0.5) is 0 Å². The zero-order valence-electron chi connectivity index (χ0n) is 15.1. The third-order valence-corrected chi connectivity index (χ3v) is 5.22. The van der Waals surface area contributed by atoms with Crippen molar-refractivity contribution >= 4 is 34.2 Å². The number of aromatic amines is 1. The van der Waals surface area contributed by atoms with Crippen LogP contribution in [0.1, 0.15) is 18.8 Å². The van der Waals surface area contributed by atoms with Gasteiger partial charge in [0, 0.05) is 11.6 Å². The average molecular weight is 415 g/mol. The first-order valence-electron chi connectivity index (χ1n) is 8.55. The summed E-state index contributed by atoms with van der Waals surface area (Å²) in [7, 11) is 1.61. The summed E-state index contributed by atoms with van der Waals surface area (Å²) in [5.41, 5.74) is 2.70. The molecule has 1 N–H and O–H groups in total. The molecule has 4 aromatic rings. The topological polar surface area (TPSA) is 72.8 Å². The normalized spacial score (nSPS) is 12.3. The molecule has 0 amide bonds. The fraction of sp³-hybridized carbons (Fsp3) is 0.150. The van der Waals surface area contributed by atoms with Crippen molar-refractivity contribution in [3.05, 3.63) is 74.8 Å². The first kappa shape index (κ1) is 18.5. The van der Waals surface area contributed by atoms with Crippen molar-refractivity contribution in [3.8, 4) is 17.0 Å². The number of rotatable bonds is 4. The van der Waals surface area contributed by atoms with Crippen molar-refractivity contribution in [2.24, 2.45) is 0 Å². The van der Waals surface area contributed by atoms with Crippen LogP contribution < -0.4 is 10.3 Å². The summed E-state index contributed by atoms with van der Waals surface area (Å²) >= 11 is 12.1. The highest BCUT2D eigenvalue weighted by molar-refractivity contribution is 6.42. The highest BCUT2D eigenvalue weighted by atomic mass is 35.5. The van der Waals surface area contributed by atoms with E-state index in [0.717, 1.165) is 16.8 Å². The highest BCUT2D eigenvalue weighted by Crippen LogP contribution is 2.28. The quantitative estimate of drug-likeness (QED) is 0.524. The number of halogens is 2. The molecule has 6 nitrogen and oxygen atoms in total. The molecule has 28 heavy (non-hydrogen) atoms. The van der Waals surface area contributed by atoms with E-state index in [1.54, 1.807) is 25.3 Å². The molecule has 0 saturated heterocycles. The zero-order valence-corrected chi connectivity index (χ0v) is 16.6. The summed E-state index contributed by atoms with van der Waals surface area (Å²) in [6.07, 6.45) is 0. The third-order valence-electron chi connectivity index (χ3n) is 4.50. The van der Waals surface area contributed by atoms with E-state index in [-0.39, 0.29) is 5.56 Å². The van der Waals surface area contributed by atoms with Crippen LogP contribution in [0.15, 0.2) is 53.3 Å². The Morgan fingerprint density at radius 3 is 2.68 bits per heavy atom. The van der Waals surface area contributed by atoms with Gasteiger partial charge in [0.15, 0.2) is 0 Å². The number of aromatic nitrogens is 4. The van der Waals surface area contributed by atoms with Gasteiger partial charge in [-0.1, -0.05) is 35.3 Å². The van der Waals surface area contributed by atoms with Crippen molar-refractivity contribution < 1.29 is 4.74 Å². The van der Waals surface area contributed by atoms with Crippen LogP contribution >= 0.6 is 23.2 Å². The van der Waals surface area contributed by atoms with Crippen LogP contribution in [0.3, 0.4) is 0 Å². The van der Waals surface area contributed by atoms with Gasteiger partial charge in [-0.3, -0.25) is 4.79 Å². The van der Waals surface area contributed by atoms with E-state index in [9.17, 15) is 4.79 Å². The molecular formula is C20H16Cl2N4O2. The van der Waals surface area contributed by atoms with Gasteiger partial charge in [-0.05, 0) is 37.3 Å². The number of fused-ring (bicyclic) bond motifs is 1. The smallest absolute Gasteiger partial charge is 0.267 e. The third kappa shape index (κ3) is 3.37. The van der Waals surface area contributed by atoms with E-state index >= 15 is 0 Å². The molecule has 1 atom stereocenters. The molecule has 0 saturated carbocycles. The molecule has 0 bridgehead atoms. The predicted octanol–water partition coefficient (Wildman–Crippen LogP) is 4.71. The number of methoxy groups -OCH3 is 1. The Labute approximate surface area is 170 Å². The standard InChI is InChI=1S/C20H16Cl2N4O2/c1-11(20-23-17-9-14(21)15(22)10-18(17)24-20)26-19(27)7-6-16(25-26)12-4-3-5-13(8-12)28-2/h3-11H,1-2H3,(H,23,24). The number of ether oxygens (including phenoxy) is 1. The minimum absolute atomic E-state index is 0.226. The van der Waals surface area contributed by atoms with Crippen LogP contribution in [0.25, 0.3) is 22.3 Å². The van der Waals surface area contributed by atoms with Crippen molar-refractivity contribution in [1.82, 2.24) is 19.7 Å². The lowest BCUT2D eigenvalue weighted by atomic mass is 10.1. The maximum atomic E-state index is 12.5. The Morgan fingerprint density at radius 2 is 1.89 bits per heavy atom. The molecule has 2 aromatic heterocycles.